The van der Waals surface area contributed by atoms with Crippen LogP contribution < -0.4 is 10.5 Å². The van der Waals surface area contributed by atoms with Crippen LogP contribution in [0.2, 0.25) is 0 Å². The van der Waals surface area contributed by atoms with Crippen molar-refractivity contribution in [2.75, 3.05) is 7.11 Å². The first kappa shape index (κ1) is 12.9. The van der Waals surface area contributed by atoms with Crippen LogP contribution in [0.1, 0.15) is 44.2 Å². The van der Waals surface area contributed by atoms with Gasteiger partial charge in [-0.25, -0.2) is 0 Å². The lowest BCUT2D eigenvalue weighted by Gasteiger charge is -2.31. The summed E-state index contributed by atoms with van der Waals surface area (Å²) in [7, 11) is 1.68. The number of benzene rings is 1. The quantitative estimate of drug-likeness (QED) is 0.914. The average Bonchev–Trinajstić information content (AvgIpc) is 2.76. The topological polar surface area (TPSA) is 35.2 Å². The van der Waals surface area contributed by atoms with E-state index in [1.165, 1.54) is 31.2 Å². The first-order valence-electron chi connectivity index (χ1n) is 6.16. The highest BCUT2D eigenvalue weighted by Gasteiger charge is 2.35. The van der Waals surface area contributed by atoms with E-state index >= 15 is 0 Å². The van der Waals surface area contributed by atoms with Gasteiger partial charge in [-0.1, -0.05) is 25.8 Å². The molecule has 1 aromatic rings. The minimum atomic E-state index is 0.118. The highest BCUT2D eigenvalue weighted by Crippen LogP contribution is 2.46. The van der Waals surface area contributed by atoms with Crippen LogP contribution in [0.5, 0.6) is 5.75 Å². The summed E-state index contributed by atoms with van der Waals surface area (Å²) in [5.41, 5.74) is 7.89. The van der Waals surface area contributed by atoms with Crippen molar-refractivity contribution in [2.24, 2.45) is 11.1 Å². The number of nitrogens with two attached hydrogens (primary N) is 1. The van der Waals surface area contributed by atoms with Gasteiger partial charge in [0.2, 0.25) is 0 Å². The molecule has 2 rings (SSSR count). The third kappa shape index (κ3) is 2.50. The van der Waals surface area contributed by atoms with Crippen LogP contribution in [0.4, 0.5) is 0 Å². The van der Waals surface area contributed by atoms with E-state index in [4.69, 9.17) is 10.5 Å². The van der Waals surface area contributed by atoms with E-state index in [1.54, 1.807) is 7.11 Å². The van der Waals surface area contributed by atoms with Gasteiger partial charge in [0.05, 0.1) is 11.6 Å². The molecular formula is C14H20BrNO. The standard InChI is InChI=1S/C14H20BrNO/c1-14(7-3-4-8-14)13(16)10-5-6-12(17-2)11(15)9-10/h5-6,9,13H,3-4,7-8,16H2,1-2H3. The van der Waals surface area contributed by atoms with Crippen molar-refractivity contribution in [2.45, 2.75) is 38.6 Å². The molecule has 17 heavy (non-hydrogen) atoms. The second-order valence-electron chi connectivity index (χ2n) is 5.23. The van der Waals surface area contributed by atoms with Crippen LogP contribution in [-0.2, 0) is 0 Å². The van der Waals surface area contributed by atoms with Crippen LogP contribution in [-0.4, -0.2) is 7.11 Å². The fourth-order valence-electron chi connectivity index (χ4n) is 2.77. The summed E-state index contributed by atoms with van der Waals surface area (Å²) < 4.78 is 6.22. The van der Waals surface area contributed by atoms with Crippen LogP contribution in [0.3, 0.4) is 0 Å². The predicted octanol–water partition coefficient (Wildman–Crippen LogP) is 4.04. The van der Waals surface area contributed by atoms with Gasteiger partial charge in [0, 0.05) is 6.04 Å². The fourth-order valence-corrected chi connectivity index (χ4v) is 3.33. The summed E-state index contributed by atoms with van der Waals surface area (Å²) in [6.45, 7) is 2.31. The molecule has 2 N–H and O–H groups in total. The molecule has 1 unspecified atom stereocenters. The largest absolute Gasteiger partial charge is 0.496 e. The minimum Gasteiger partial charge on any atom is -0.496 e. The third-order valence-electron chi connectivity index (χ3n) is 4.03. The second kappa shape index (κ2) is 4.99. The lowest BCUT2D eigenvalue weighted by molar-refractivity contribution is 0.265. The maximum Gasteiger partial charge on any atom is 0.133 e. The lowest BCUT2D eigenvalue weighted by atomic mass is 9.78. The van der Waals surface area contributed by atoms with E-state index in [-0.39, 0.29) is 11.5 Å². The van der Waals surface area contributed by atoms with E-state index in [0.717, 1.165) is 10.2 Å². The van der Waals surface area contributed by atoms with Crippen LogP contribution >= 0.6 is 15.9 Å². The van der Waals surface area contributed by atoms with Crippen molar-refractivity contribution in [3.8, 4) is 5.75 Å². The van der Waals surface area contributed by atoms with Crippen molar-refractivity contribution in [1.29, 1.82) is 0 Å². The SMILES string of the molecule is COc1ccc(C(N)C2(C)CCCC2)cc1Br. The summed E-state index contributed by atoms with van der Waals surface area (Å²) in [6.07, 6.45) is 5.08. The van der Waals surface area contributed by atoms with Crippen LogP contribution in [0, 0.1) is 5.41 Å². The third-order valence-corrected chi connectivity index (χ3v) is 4.65. The molecule has 1 saturated carbocycles. The van der Waals surface area contributed by atoms with Crippen molar-refractivity contribution in [3.63, 3.8) is 0 Å². The number of hydrogen-bond acceptors (Lipinski definition) is 2. The van der Waals surface area contributed by atoms with Gasteiger partial charge in [0.1, 0.15) is 5.75 Å². The zero-order valence-electron chi connectivity index (χ0n) is 10.5. The number of rotatable bonds is 3. The highest BCUT2D eigenvalue weighted by molar-refractivity contribution is 9.10. The molecule has 1 aliphatic rings. The molecular weight excluding hydrogens is 278 g/mol. The summed E-state index contributed by atoms with van der Waals surface area (Å²) in [4.78, 5) is 0. The van der Waals surface area contributed by atoms with Gasteiger partial charge in [0.25, 0.3) is 0 Å². The Morgan fingerprint density at radius 2 is 2.00 bits per heavy atom. The van der Waals surface area contributed by atoms with Gasteiger partial charge >= 0.3 is 0 Å². The molecule has 2 nitrogen and oxygen atoms in total. The summed E-state index contributed by atoms with van der Waals surface area (Å²) in [5, 5.41) is 0. The van der Waals surface area contributed by atoms with E-state index in [1.807, 2.05) is 6.07 Å². The molecule has 0 saturated heterocycles. The van der Waals surface area contributed by atoms with Gasteiger partial charge < -0.3 is 10.5 Å². The fraction of sp³-hybridized carbons (Fsp3) is 0.571. The van der Waals surface area contributed by atoms with Crippen molar-refractivity contribution >= 4 is 15.9 Å². The molecule has 1 atom stereocenters. The molecule has 0 aromatic heterocycles. The highest BCUT2D eigenvalue weighted by atomic mass is 79.9. The average molecular weight is 298 g/mol. The van der Waals surface area contributed by atoms with Crippen molar-refractivity contribution in [3.05, 3.63) is 28.2 Å². The zero-order valence-corrected chi connectivity index (χ0v) is 12.1. The van der Waals surface area contributed by atoms with E-state index in [9.17, 15) is 0 Å². The Bertz CT molecular complexity index is 399. The molecule has 1 aromatic carbocycles. The Labute approximate surface area is 112 Å². The first-order chi connectivity index (χ1) is 8.07. The van der Waals surface area contributed by atoms with Gasteiger partial charge in [0.15, 0.2) is 0 Å². The van der Waals surface area contributed by atoms with Gasteiger partial charge in [-0.2, -0.15) is 0 Å². The molecule has 0 aliphatic heterocycles. The Morgan fingerprint density at radius 1 is 1.35 bits per heavy atom. The Hall–Kier alpha value is -0.540. The van der Waals surface area contributed by atoms with E-state index in [0.29, 0.717) is 0 Å². The number of halogens is 1. The normalized spacial score (nSPS) is 20.2. The predicted molar refractivity (Wildman–Crippen MR) is 74.2 cm³/mol. The smallest absolute Gasteiger partial charge is 0.133 e. The maximum atomic E-state index is 6.43. The molecule has 3 heteroatoms. The first-order valence-corrected chi connectivity index (χ1v) is 6.95. The maximum absolute atomic E-state index is 6.43. The summed E-state index contributed by atoms with van der Waals surface area (Å²) in [5.74, 6) is 0.859. The molecule has 1 fully saturated rings. The summed E-state index contributed by atoms with van der Waals surface area (Å²) >= 11 is 3.52. The molecule has 0 radical (unpaired) electrons. The Balaban J connectivity index is 2.25. The molecule has 94 valence electrons. The molecule has 0 spiro atoms. The van der Waals surface area contributed by atoms with E-state index in [2.05, 4.69) is 35.0 Å². The Morgan fingerprint density at radius 3 is 2.53 bits per heavy atom. The molecule has 0 amide bonds. The Kier molecular flexibility index (Phi) is 3.79. The minimum absolute atomic E-state index is 0.118. The van der Waals surface area contributed by atoms with Gasteiger partial charge in [-0.15, -0.1) is 0 Å². The van der Waals surface area contributed by atoms with Crippen LogP contribution in [0.25, 0.3) is 0 Å². The zero-order chi connectivity index (χ0) is 12.5. The number of ether oxygens (including phenoxy) is 1. The van der Waals surface area contributed by atoms with Gasteiger partial charge in [-0.3, -0.25) is 0 Å². The molecule has 0 heterocycles. The van der Waals surface area contributed by atoms with E-state index < -0.39 is 0 Å². The number of methoxy groups -OCH3 is 1. The monoisotopic (exact) mass is 297 g/mol. The second-order valence-corrected chi connectivity index (χ2v) is 6.09. The van der Waals surface area contributed by atoms with Gasteiger partial charge in [-0.05, 0) is 51.9 Å². The summed E-state index contributed by atoms with van der Waals surface area (Å²) in [6, 6.07) is 6.27. The van der Waals surface area contributed by atoms with Crippen molar-refractivity contribution in [1.82, 2.24) is 0 Å². The lowest BCUT2D eigenvalue weighted by Crippen LogP contribution is -2.29. The molecule has 1 aliphatic carbocycles. The van der Waals surface area contributed by atoms with Crippen molar-refractivity contribution < 1.29 is 4.74 Å². The number of hydrogen-bond donors (Lipinski definition) is 1. The van der Waals surface area contributed by atoms with Crippen LogP contribution in [0.15, 0.2) is 22.7 Å². The molecule has 0 bridgehead atoms.